The molecule has 1 saturated carbocycles. The Kier molecular flexibility index (Phi) is 4.18. The molecule has 0 aromatic heterocycles. The summed E-state index contributed by atoms with van der Waals surface area (Å²) in [6.45, 7) is 3.13. The SMILES string of the molecule is COCC(C)(C)S(=O)(=O)C1(CS(=O)(=O)OC)CC1. The Labute approximate surface area is 109 Å². The average molecular weight is 300 g/mol. The Hall–Kier alpha value is -0.180. The van der Waals surface area contributed by atoms with Crippen LogP contribution in [0.4, 0.5) is 0 Å². The van der Waals surface area contributed by atoms with Gasteiger partial charge < -0.3 is 4.74 Å². The second kappa shape index (κ2) is 4.73. The molecule has 1 aliphatic carbocycles. The lowest BCUT2D eigenvalue weighted by atomic mass is 10.2. The van der Waals surface area contributed by atoms with E-state index in [9.17, 15) is 16.8 Å². The maximum atomic E-state index is 12.5. The normalized spacial score (nSPS) is 19.8. The van der Waals surface area contributed by atoms with Crippen molar-refractivity contribution in [2.45, 2.75) is 36.2 Å². The minimum atomic E-state index is -3.79. The van der Waals surface area contributed by atoms with Crippen molar-refractivity contribution in [1.29, 1.82) is 0 Å². The largest absolute Gasteiger partial charge is 0.383 e. The van der Waals surface area contributed by atoms with Gasteiger partial charge in [-0.3, -0.25) is 4.18 Å². The van der Waals surface area contributed by atoms with Crippen molar-refractivity contribution in [2.24, 2.45) is 0 Å². The van der Waals surface area contributed by atoms with Crippen LogP contribution >= 0.6 is 0 Å². The zero-order valence-electron chi connectivity index (χ0n) is 11.1. The fourth-order valence-electron chi connectivity index (χ4n) is 2.02. The number of hydrogen-bond donors (Lipinski definition) is 0. The fraction of sp³-hybridized carbons (Fsp3) is 1.00. The van der Waals surface area contributed by atoms with Crippen molar-refractivity contribution in [3.8, 4) is 0 Å². The van der Waals surface area contributed by atoms with E-state index in [-0.39, 0.29) is 6.61 Å². The van der Waals surface area contributed by atoms with Gasteiger partial charge in [0.05, 0.1) is 29.0 Å². The van der Waals surface area contributed by atoms with Crippen LogP contribution < -0.4 is 0 Å². The molecule has 0 spiro atoms. The van der Waals surface area contributed by atoms with Crippen molar-refractivity contribution in [3.63, 3.8) is 0 Å². The second-order valence-corrected chi connectivity index (χ2v) is 9.96. The van der Waals surface area contributed by atoms with Gasteiger partial charge in [-0.2, -0.15) is 8.42 Å². The van der Waals surface area contributed by atoms with Crippen LogP contribution in [0.1, 0.15) is 26.7 Å². The highest BCUT2D eigenvalue weighted by Crippen LogP contribution is 2.49. The second-order valence-electron chi connectivity index (χ2n) is 5.25. The highest BCUT2D eigenvalue weighted by atomic mass is 32.2. The molecule has 8 heteroatoms. The summed E-state index contributed by atoms with van der Waals surface area (Å²) in [6, 6.07) is 0. The molecule has 18 heavy (non-hydrogen) atoms. The van der Waals surface area contributed by atoms with Gasteiger partial charge in [-0.1, -0.05) is 0 Å². The van der Waals surface area contributed by atoms with E-state index in [4.69, 9.17) is 4.74 Å². The van der Waals surface area contributed by atoms with E-state index < -0.39 is 35.2 Å². The smallest absolute Gasteiger partial charge is 0.268 e. The third-order valence-electron chi connectivity index (χ3n) is 3.29. The molecule has 0 unspecified atom stereocenters. The molecule has 1 aliphatic rings. The minimum Gasteiger partial charge on any atom is -0.383 e. The van der Waals surface area contributed by atoms with Gasteiger partial charge in [0.25, 0.3) is 10.1 Å². The topological polar surface area (TPSA) is 86.7 Å². The van der Waals surface area contributed by atoms with E-state index in [0.29, 0.717) is 12.8 Å². The maximum absolute atomic E-state index is 12.5. The molecule has 1 fully saturated rings. The molecular formula is C10H20O6S2. The molecule has 0 heterocycles. The molecule has 0 aromatic carbocycles. The first kappa shape index (κ1) is 15.9. The Balaban J connectivity index is 3.06. The lowest BCUT2D eigenvalue weighted by Crippen LogP contribution is -2.47. The summed E-state index contributed by atoms with van der Waals surface area (Å²) in [5, 5.41) is 0. The Morgan fingerprint density at radius 2 is 1.61 bits per heavy atom. The Morgan fingerprint density at radius 1 is 1.11 bits per heavy atom. The quantitative estimate of drug-likeness (QED) is 0.630. The number of sulfone groups is 1. The summed E-state index contributed by atoms with van der Waals surface area (Å²) in [5.74, 6) is -0.480. The van der Waals surface area contributed by atoms with Crippen molar-refractivity contribution in [3.05, 3.63) is 0 Å². The number of hydrogen-bond acceptors (Lipinski definition) is 6. The van der Waals surface area contributed by atoms with E-state index in [1.54, 1.807) is 13.8 Å². The summed E-state index contributed by atoms with van der Waals surface area (Å²) in [4.78, 5) is 0. The van der Waals surface area contributed by atoms with E-state index in [2.05, 4.69) is 4.18 Å². The number of ether oxygens (including phenoxy) is 1. The zero-order chi connectivity index (χ0) is 14.2. The standard InChI is InChI=1S/C10H20O6S2/c1-9(2,7-15-3)18(13,14)10(5-6-10)8-17(11,12)16-4/h5-8H2,1-4H3. The molecule has 0 bridgehead atoms. The van der Waals surface area contributed by atoms with Crippen molar-refractivity contribution >= 4 is 20.0 Å². The summed E-state index contributed by atoms with van der Waals surface area (Å²) >= 11 is 0. The Morgan fingerprint density at radius 3 is 1.94 bits per heavy atom. The van der Waals surface area contributed by atoms with Gasteiger partial charge in [-0.25, -0.2) is 8.42 Å². The van der Waals surface area contributed by atoms with E-state index >= 15 is 0 Å². The van der Waals surface area contributed by atoms with Crippen LogP contribution in [0.15, 0.2) is 0 Å². The van der Waals surface area contributed by atoms with Crippen LogP contribution in [0.3, 0.4) is 0 Å². The Bertz CT molecular complexity index is 498. The summed E-state index contributed by atoms with van der Waals surface area (Å²) in [5.41, 5.74) is 0. The van der Waals surface area contributed by atoms with Crippen molar-refractivity contribution in [2.75, 3.05) is 26.6 Å². The number of rotatable bonds is 7. The summed E-state index contributed by atoms with van der Waals surface area (Å²) in [6.07, 6.45) is 0.704. The molecule has 1 rings (SSSR count). The van der Waals surface area contributed by atoms with Crippen molar-refractivity contribution in [1.82, 2.24) is 0 Å². The molecule has 6 nitrogen and oxygen atoms in total. The highest BCUT2D eigenvalue weighted by molar-refractivity contribution is 7.96. The third-order valence-corrected chi connectivity index (χ3v) is 8.15. The summed E-state index contributed by atoms with van der Waals surface area (Å²) in [7, 11) is -4.95. The van der Waals surface area contributed by atoms with Gasteiger partial charge in [0.1, 0.15) is 0 Å². The monoisotopic (exact) mass is 300 g/mol. The van der Waals surface area contributed by atoms with Crippen LogP contribution in [0.2, 0.25) is 0 Å². The van der Waals surface area contributed by atoms with Crippen LogP contribution in [-0.4, -0.2) is 52.9 Å². The lowest BCUT2D eigenvalue weighted by Gasteiger charge is -2.29. The molecular weight excluding hydrogens is 280 g/mol. The first-order valence-electron chi connectivity index (χ1n) is 5.55. The predicted molar refractivity (Wildman–Crippen MR) is 67.6 cm³/mol. The predicted octanol–water partition coefficient (Wildman–Crippen LogP) is 0.335. The fourth-order valence-corrected chi connectivity index (χ4v) is 6.21. The van der Waals surface area contributed by atoms with Gasteiger partial charge in [-0.15, -0.1) is 0 Å². The van der Waals surface area contributed by atoms with E-state index in [0.717, 1.165) is 7.11 Å². The molecule has 108 valence electrons. The molecule has 0 saturated heterocycles. The highest BCUT2D eigenvalue weighted by Gasteiger charge is 2.61. The molecule has 0 amide bonds. The maximum Gasteiger partial charge on any atom is 0.268 e. The minimum absolute atomic E-state index is 0.0319. The van der Waals surface area contributed by atoms with Crippen LogP contribution in [-0.2, 0) is 28.9 Å². The van der Waals surface area contributed by atoms with Crippen LogP contribution in [0.25, 0.3) is 0 Å². The molecule has 0 N–H and O–H groups in total. The first-order chi connectivity index (χ1) is 8.04. The average Bonchev–Trinajstić information content (AvgIpc) is 2.98. The number of methoxy groups -OCH3 is 1. The van der Waals surface area contributed by atoms with Crippen LogP contribution in [0.5, 0.6) is 0 Å². The van der Waals surface area contributed by atoms with E-state index in [1.165, 1.54) is 7.11 Å². The zero-order valence-corrected chi connectivity index (χ0v) is 12.7. The molecule has 0 atom stereocenters. The van der Waals surface area contributed by atoms with Gasteiger partial charge in [0.15, 0.2) is 9.84 Å². The van der Waals surface area contributed by atoms with E-state index in [1.807, 2.05) is 0 Å². The first-order valence-corrected chi connectivity index (χ1v) is 8.61. The third kappa shape index (κ3) is 2.71. The van der Waals surface area contributed by atoms with Gasteiger partial charge >= 0.3 is 0 Å². The lowest BCUT2D eigenvalue weighted by molar-refractivity contribution is 0.174. The van der Waals surface area contributed by atoms with Gasteiger partial charge in [0.2, 0.25) is 0 Å². The molecule has 0 aromatic rings. The molecule has 0 radical (unpaired) electrons. The van der Waals surface area contributed by atoms with Crippen molar-refractivity contribution < 1.29 is 25.8 Å². The summed E-state index contributed by atoms with van der Waals surface area (Å²) < 4.78 is 54.9. The van der Waals surface area contributed by atoms with Crippen LogP contribution in [0, 0.1) is 0 Å². The van der Waals surface area contributed by atoms with Gasteiger partial charge in [-0.05, 0) is 26.7 Å². The van der Waals surface area contributed by atoms with Gasteiger partial charge in [0, 0.05) is 7.11 Å². The molecule has 0 aliphatic heterocycles.